The molecule has 0 aliphatic carbocycles. The standard InChI is InChI=1S/C19H21N3O7/c23-14-7-6-13(17(26)21-14)22-18(27)11-4-3-5-12(16(11)19(22)28)20-8-1-2-9-29-10-15(24)25/h3-5,13,20H,1-2,6-10H2,(H,24,25)(H,21,23,26). The lowest BCUT2D eigenvalue weighted by atomic mass is 10.0. The van der Waals surface area contributed by atoms with E-state index in [4.69, 9.17) is 9.84 Å². The molecule has 1 saturated heterocycles. The van der Waals surface area contributed by atoms with Gasteiger partial charge in [0.15, 0.2) is 0 Å². The molecule has 1 fully saturated rings. The van der Waals surface area contributed by atoms with Gasteiger partial charge in [0.1, 0.15) is 12.6 Å². The average Bonchev–Trinajstić information content (AvgIpc) is 2.92. The smallest absolute Gasteiger partial charge is 0.329 e. The van der Waals surface area contributed by atoms with Gasteiger partial charge in [0.2, 0.25) is 11.8 Å². The number of carbonyl (C=O) groups excluding carboxylic acids is 4. The van der Waals surface area contributed by atoms with Gasteiger partial charge in [0.05, 0.1) is 11.1 Å². The first kappa shape index (κ1) is 20.5. The zero-order valence-corrected chi connectivity index (χ0v) is 15.6. The van der Waals surface area contributed by atoms with Gasteiger partial charge in [0.25, 0.3) is 11.8 Å². The number of benzene rings is 1. The van der Waals surface area contributed by atoms with Gasteiger partial charge in [-0.15, -0.1) is 0 Å². The minimum Gasteiger partial charge on any atom is -0.480 e. The Kier molecular flexibility index (Phi) is 6.23. The van der Waals surface area contributed by atoms with E-state index in [1.165, 1.54) is 6.07 Å². The zero-order chi connectivity index (χ0) is 21.0. The molecule has 4 amide bonds. The minimum absolute atomic E-state index is 0.0683. The number of carboxylic acids is 1. The van der Waals surface area contributed by atoms with Crippen LogP contribution in [0.4, 0.5) is 5.69 Å². The molecule has 0 spiro atoms. The first-order valence-corrected chi connectivity index (χ1v) is 9.28. The Labute approximate surface area is 166 Å². The molecule has 10 heteroatoms. The molecule has 2 aliphatic heterocycles. The summed E-state index contributed by atoms with van der Waals surface area (Å²) in [6.45, 7) is 0.459. The van der Waals surface area contributed by atoms with Gasteiger partial charge in [-0.2, -0.15) is 0 Å². The topological polar surface area (TPSA) is 142 Å². The van der Waals surface area contributed by atoms with E-state index in [9.17, 15) is 24.0 Å². The lowest BCUT2D eigenvalue weighted by Gasteiger charge is -2.27. The molecule has 29 heavy (non-hydrogen) atoms. The highest BCUT2D eigenvalue weighted by Gasteiger charge is 2.45. The van der Waals surface area contributed by atoms with Crippen molar-refractivity contribution in [2.45, 2.75) is 31.7 Å². The number of amides is 4. The number of piperidine rings is 1. The normalized spacial score (nSPS) is 18.6. The second kappa shape index (κ2) is 8.82. The monoisotopic (exact) mass is 403 g/mol. The van der Waals surface area contributed by atoms with Gasteiger partial charge in [-0.05, 0) is 31.4 Å². The molecule has 1 aromatic carbocycles. The number of hydrogen-bond acceptors (Lipinski definition) is 7. The van der Waals surface area contributed by atoms with Crippen LogP contribution in [-0.4, -0.2) is 65.4 Å². The number of anilines is 1. The third kappa shape index (κ3) is 4.43. The van der Waals surface area contributed by atoms with Gasteiger partial charge < -0.3 is 15.2 Å². The maximum atomic E-state index is 12.9. The van der Waals surface area contributed by atoms with Crippen LogP contribution in [0.5, 0.6) is 0 Å². The molecule has 3 N–H and O–H groups in total. The van der Waals surface area contributed by atoms with Crippen LogP contribution in [0.3, 0.4) is 0 Å². The number of carbonyl (C=O) groups is 5. The summed E-state index contributed by atoms with van der Waals surface area (Å²) in [4.78, 5) is 60.4. The molecule has 1 aromatic rings. The summed E-state index contributed by atoms with van der Waals surface area (Å²) in [6.07, 6.45) is 1.47. The van der Waals surface area contributed by atoms with E-state index in [1.807, 2.05) is 0 Å². The highest BCUT2D eigenvalue weighted by atomic mass is 16.5. The maximum Gasteiger partial charge on any atom is 0.329 e. The molecule has 1 atom stereocenters. The molecule has 154 valence electrons. The van der Waals surface area contributed by atoms with E-state index >= 15 is 0 Å². The van der Waals surface area contributed by atoms with Crippen molar-refractivity contribution in [3.05, 3.63) is 29.3 Å². The molecular weight excluding hydrogens is 382 g/mol. The molecule has 10 nitrogen and oxygen atoms in total. The second-order valence-corrected chi connectivity index (χ2v) is 6.76. The fraction of sp³-hybridized carbons (Fsp3) is 0.421. The summed E-state index contributed by atoms with van der Waals surface area (Å²) in [5.74, 6) is -3.20. The molecule has 2 aliphatic rings. The van der Waals surface area contributed by atoms with Crippen molar-refractivity contribution in [1.29, 1.82) is 0 Å². The third-order valence-corrected chi connectivity index (χ3v) is 4.72. The predicted molar refractivity (Wildman–Crippen MR) is 99.3 cm³/mol. The Morgan fingerprint density at radius 2 is 2.00 bits per heavy atom. The average molecular weight is 403 g/mol. The number of nitrogens with one attached hydrogen (secondary N) is 2. The van der Waals surface area contributed by atoms with Crippen LogP contribution in [0, 0.1) is 0 Å². The predicted octanol–water partition coefficient (Wildman–Crippen LogP) is 0.381. The van der Waals surface area contributed by atoms with E-state index < -0.39 is 35.6 Å². The molecule has 0 radical (unpaired) electrons. The van der Waals surface area contributed by atoms with Gasteiger partial charge in [-0.25, -0.2) is 4.79 Å². The van der Waals surface area contributed by atoms with Crippen LogP contribution in [0.2, 0.25) is 0 Å². The number of fused-ring (bicyclic) bond motifs is 1. The number of hydrogen-bond donors (Lipinski definition) is 3. The van der Waals surface area contributed by atoms with Crippen molar-refractivity contribution in [3.63, 3.8) is 0 Å². The van der Waals surface area contributed by atoms with Crippen molar-refractivity contribution in [3.8, 4) is 0 Å². The van der Waals surface area contributed by atoms with Gasteiger partial charge in [-0.1, -0.05) is 6.07 Å². The molecular formula is C19H21N3O7. The van der Waals surface area contributed by atoms with Crippen molar-refractivity contribution in [1.82, 2.24) is 10.2 Å². The van der Waals surface area contributed by atoms with Crippen LogP contribution in [0.15, 0.2) is 18.2 Å². The van der Waals surface area contributed by atoms with E-state index in [0.717, 1.165) is 4.90 Å². The Hall–Kier alpha value is -3.27. The van der Waals surface area contributed by atoms with Gasteiger partial charge >= 0.3 is 5.97 Å². The Balaban J connectivity index is 1.63. The largest absolute Gasteiger partial charge is 0.480 e. The summed E-state index contributed by atoms with van der Waals surface area (Å²) >= 11 is 0. The van der Waals surface area contributed by atoms with Crippen molar-refractivity contribution < 1.29 is 33.8 Å². The third-order valence-electron chi connectivity index (χ3n) is 4.72. The maximum absolute atomic E-state index is 12.9. The molecule has 2 heterocycles. The molecule has 3 rings (SSSR count). The lowest BCUT2D eigenvalue weighted by Crippen LogP contribution is -2.54. The Bertz CT molecular complexity index is 867. The summed E-state index contributed by atoms with van der Waals surface area (Å²) in [5, 5.41) is 13.8. The van der Waals surface area contributed by atoms with Crippen LogP contribution in [0.25, 0.3) is 0 Å². The first-order valence-electron chi connectivity index (χ1n) is 9.28. The number of aliphatic carboxylic acids is 1. The molecule has 0 aromatic heterocycles. The first-order chi connectivity index (χ1) is 13.9. The molecule has 1 unspecified atom stereocenters. The minimum atomic E-state index is -1.02. The van der Waals surface area contributed by atoms with Crippen LogP contribution >= 0.6 is 0 Å². The summed E-state index contributed by atoms with van der Waals surface area (Å²) < 4.78 is 4.96. The number of nitrogens with zero attached hydrogens (tertiary/aromatic N) is 1. The van der Waals surface area contributed by atoms with E-state index in [-0.39, 0.29) is 30.6 Å². The fourth-order valence-electron chi connectivity index (χ4n) is 3.37. The number of carboxylic acid groups (broad SMARTS) is 1. The summed E-state index contributed by atoms with van der Waals surface area (Å²) in [7, 11) is 0. The summed E-state index contributed by atoms with van der Waals surface area (Å²) in [6, 6.07) is 3.86. The van der Waals surface area contributed by atoms with Crippen molar-refractivity contribution in [2.75, 3.05) is 25.1 Å². The van der Waals surface area contributed by atoms with E-state index in [1.54, 1.807) is 12.1 Å². The van der Waals surface area contributed by atoms with Crippen LogP contribution < -0.4 is 10.6 Å². The number of ether oxygens (including phenoxy) is 1. The zero-order valence-electron chi connectivity index (χ0n) is 15.6. The van der Waals surface area contributed by atoms with Crippen LogP contribution in [-0.2, 0) is 19.1 Å². The van der Waals surface area contributed by atoms with Crippen molar-refractivity contribution in [2.24, 2.45) is 0 Å². The second-order valence-electron chi connectivity index (χ2n) is 6.76. The quantitative estimate of drug-likeness (QED) is 0.397. The van der Waals surface area contributed by atoms with Crippen molar-refractivity contribution >= 4 is 35.3 Å². The van der Waals surface area contributed by atoms with E-state index in [0.29, 0.717) is 31.7 Å². The fourth-order valence-corrected chi connectivity index (χ4v) is 3.37. The van der Waals surface area contributed by atoms with E-state index in [2.05, 4.69) is 10.6 Å². The highest BCUT2D eigenvalue weighted by molar-refractivity contribution is 6.25. The highest BCUT2D eigenvalue weighted by Crippen LogP contribution is 2.32. The molecule has 0 bridgehead atoms. The molecule has 0 saturated carbocycles. The van der Waals surface area contributed by atoms with Gasteiger partial charge in [-0.3, -0.25) is 29.4 Å². The lowest BCUT2D eigenvalue weighted by molar-refractivity contribution is -0.142. The Morgan fingerprint density at radius 1 is 1.21 bits per heavy atom. The summed E-state index contributed by atoms with van der Waals surface area (Å²) in [5.41, 5.74) is 0.918. The SMILES string of the molecule is O=C(O)COCCCCNc1cccc2c1C(=O)N(C1CCC(=O)NC1=O)C2=O. The van der Waals surface area contributed by atoms with Crippen LogP contribution in [0.1, 0.15) is 46.4 Å². The number of imide groups is 2. The Morgan fingerprint density at radius 3 is 2.72 bits per heavy atom. The van der Waals surface area contributed by atoms with Gasteiger partial charge in [0, 0.05) is 25.3 Å². The number of rotatable bonds is 9. The number of unbranched alkanes of at least 4 members (excludes halogenated alkanes) is 1.